The number of pyridine rings is 1. The number of benzene rings is 2. The molecule has 2 heterocycles. The number of carbonyl (C=O) groups excluding carboxylic acids is 1. The highest BCUT2D eigenvalue weighted by Crippen LogP contribution is 2.32. The molecule has 32 heavy (non-hydrogen) atoms. The zero-order valence-electron chi connectivity index (χ0n) is 17.1. The second kappa shape index (κ2) is 9.33. The predicted octanol–water partition coefficient (Wildman–Crippen LogP) is 5.60. The van der Waals surface area contributed by atoms with Gasteiger partial charge in [0.15, 0.2) is 11.6 Å². The summed E-state index contributed by atoms with van der Waals surface area (Å²) in [4.78, 5) is 15.9. The van der Waals surface area contributed by atoms with Crippen LogP contribution in [0.2, 0.25) is 5.02 Å². The molecule has 0 aliphatic rings. The van der Waals surface area contributed by atoms with Gasteiger partial charge in [-0.25, -0.2) is 4.98 Å². The normalized spacial score (nSPS) is 10.4. The van der Waals surface area contributed by atoms with Gasteiger partial charge < -0.3 is 10.1 Å². The lowest BCUT2D eigenvalue weighted by molar-refractivity contribution is -0.117. The summed E-state index contributed by atoms with van der Waals surface area (Å²) in [6, 6.07) is 22.1. The molecular weight excluding hydrogens is 426 g/mol. The minimum atomic E-state index is 0.00108. The summed E-state index contributed by atoms with van der Waals surface area (Å²) in [6.07, 6.45) is 1.70. The lowest BCUT2D eigenvalue weighted by Crippen LogP contribution is -2.07. The molecule has 0 radical (unpaired) electrons. The Kier molecular flexibility index (Phi) is 6.15. The maximum atomic E-state index is 11.3. The van der Waals surface area contributed by atoms with E-state index in [1.165, 1.54) is 11.6 Å². The van der Waals surface area contributed by atoms with E-state index in [9.17, 15) is 10.1 Å². The SMILES string of the molecule is CC(=O)Cn1ccc(Nc2cc(Cl)c(C#N)c(-c3ccc(Oc4ccccc4)cc3)n2)n1. The van der Waals surface area contributed by atoms with Crippen LogP contribution < -0.4 is 10.1 Å². The fourth-order valence-corrected chi connectivity index (χ4v) is 3.31. The fraction of sp³-hybridized carbons (Fsp3) is 0.0833. The number of aromatic nitrogens is 3. The van der Waals surface area contributed by atoms with Gasteiger partial charge in [-0.2, -0.15) is 10.4 Å². The minimum Gasteiger partial charge on any atom is -0.457 e. The van der Waals surface area contributed by atoms with Crippen molar-refractivity contribution in [3.05, 3.63) is 83.5 Å². The van der Waals surface area contributed by atoms with Crippen molar-refractivity contribution in [3.8, 4) is 28.8 Å². The molecule has 1 N–H and O–H groups in total. The Morgan fingerprint density at radius 2 is 1.81 bits per heavy atom. The number of hydrogen-bond donors (Lipinski definition) is 1. The molecule has 7 nitrogen and oxygen atoms in total. The summed E-state index contributed by atoms with van der Waals surface area (Å²) in [6.45, 7) is 1.69. The third-order valence-corrected chi connectivity index (χ3v) is 4.77. The standard InChI is InChI=1S/C24H18ClN5O2/c1-16(31)15-30-12-11-22(29-30)27-23-13-21(25)20(14-26)24(28-23)17-7-9-19(10-8-17)32-18-5-3-2-4-6-18/h2-13H,15H2,1H3,(H,27,28,29). The monoisotopic (exact) mass is 443 g/mol. The van der Waals surface area contributed by atoms with Crippen molar-refractivity contribution >= 4 is 29.0 Å². The fourth-order valence-electron chi connectivity index (χ4n) is 3.07. The largest absolute Gasteiger partial charge is 0.457 e. The van der Waals surface area contributed by atoms with Crippen LogP contribution in [-0.4, -0.2) is 20.5 Å². The Morgan fingerprint density at radius 1 is 1.09 bits per heavy atom. The quantitative estimate of drug-likeness (QED) is 0.400. The highest BCUT2D eigenvalue weighted by molar-refractivity contribution is 6.32. The van der Waals surface area contributed by atoms with E-state index in [-0.39, 0.29) is 22.9 Å². The van der Waals surface area contributed by atoms with Crippen LogP contribution in [0.3, 0.4) is 0 Å². The number of para-hydroxylation sites is 1. The van der Waals surface area contributed by atoms with Crippen molar-refractivity contribution in [3.63, 3.8) is 0 Å². The van der Waals surface area contributed by atoms with Gasteiger partial charge in [0.25, 0.3) is 0 Å². The van der Waals surface area contributed by atoms with Gasteiger partial charge in [-0.3, -0.25) is 9.48 Å². The van der Waals surface area contributed by atoms with E-state index in [1.807, 2.05) is 54.6 Å². The van der Waals surface area contributed by atoms with Crippen LogP contribution in [0.15, 0.2) is 72.9 Å². The molecule has 0 aliphatic heterocycles. The highest BCUT2D eigenvalue weighted by Gasteiger charge is 2.14. The maximum absolute atomic E-state index is 11.3. The van der Waals surface area contributed by atoms with E-state index >= 15 is 0 Å². The van der Waals surface area contributed by atoms with E-state index in [0.717, 1.165) is 11.3 Å². The third-order valence-electron chi connectivity index (χ3n) is 4.47. The molecule has 0 aliphatic carbocycles. The van der Waals surface area contributed by atoms with Gasteiger partial charge in [-0.15, -0.1) is 0 Å². The number of hydrogen-bond acceptors (Lipinski definition) is 6. The molecule has 0 saturated carbocycles. The van der Waals surface area contributed by atoms with E-state index < -0.39 is 0 Å². The van der Waals surface area contributed by atoms with Gasteiger partial charge in [-0.1, -0.05) is 29.8 Å². The summed E-state index contributed by atoms with van der Waals surface area (Å²) in [5, 5.41) is 17.2. The van der Waals surface area contributed by atoms with Crippen LogP contribution in [0, 0.1) is 11.3 Å². The van der Waals surface area contributed by atoms with E-state index in [2.05, 4.69) is 21.5 Å². The Hall–Kier alpha value is -4.15. The number of ketones is 1. The molecule has 4 aromatic rings. The molecular formula is C24H18ClN5O2. The van der Waals surface area contributed by atoms with E-state index in [4.69, 9.17) is 16.3 Å². The number of nitriles is 1. The number of nitrogens with one attached hydrogen (secondary N) is 1. The average molecular weight is 444 g/mol. The van der Waals surface area contributed by atoms with Crippen molar-refractivity contribution in [2.24, 2.45) is 0 Å². The Balaban J connectivity index is 1.60. The molecule has 0 saturated heterocycles. The number of anilines is 2. The third kappa shape index (κ3) is 4.94. The van der Waals surface area contributed by atoms with Crippen molar-refractivity contribution in [2.45, 2.75) is 13.5 Å². The first-order chi connectivity index (χ1) is 15.5. The van der Waals surface area contributed by atoms with Crippen molar-refractivity contribution in [1.29, 1.82) is 5.26 Å². The average Bonchev–Trinajstić information content (AvgIpc) is 3.20. The number of rotatable bonds is 7. The van der Waals surface area contributed by atoms with Gasteiger partial charge in [0.05, 0.1) is 22.8 Å². The molecule has 0 amide bonds. The van der Waals surface area contributed by atoms with Gasteiger partial charge in [0.2, 0.25) is 0 Å². The van der Waals surface area contributed by atoms with Crippen LogP contribution in [0.5, 0.6) is 11.5 Å². The number of nitrogens with zero attached hydrogens (tertiary/aromatic N) is 4. The zero-order valence-corrected chi connectivity index (χ0v) is 17.9. The second-order valence-electron chi connectivity index (χ2n) is 6.99. The molecule has 2 aromatic heterocycles. The summed E-state index contributed by atoms with van der Waals surface area (Å²) in [7, 11) is 0. The molecule has 0 bridgehead atoms. The zero-order chi connectivity index (χ0) is 22.5. The lowest BCUT2D eigenvalue weighted by atomic mass is 10.1. The smallest absolute Gasteiger partial charge is 0.153 e. The molecule has 0 spiro atoms. The highest BCUT2D eigenvalue weighted by atomic mass is 35.5. The molecule has 0 unspecified atom stereocenters. The summed E-state index contributed by atoms with van der Waals surface area (Å²) >= 11 is 6.37. The van der Waals surface area contributed by atoms with Crippen LogP contribution in [-0.2, 0) is 11.3 Å². The molecule has 4 rings (SSSR count). The summed E-state index contributed by atoms with van der Waals surface area (Å²) < 4.78 is 7.35. The molecule has 0 atom stereocenters. The van der Waals surface area contributed by atoms with Crippen molar-refractivity contribution < 1.29 is 9.53 Å². The summed E-state index contributed by atoms with van der Waals surface area (Å²) in [5.74, 6) is 2.34. The first-order valence-corrected chi connectivity index (χ1v) is 10.1. The van der Waals surface area contributed by atoms with Crippen LogP contribution in [0.25, 0.3) is 11.3 Å². The number of Topliss-reactive ketones (excluding diaryl/α,β-unsaturated/α-hetero) is 1. The number of ether oxygens (including phenoxy) is 1. The van der Waals surface area contributed by atoms with E-state index in [1.54, 1.807) is 18.3 Å². The van der Waals surface area contributed by atoms with Crippen LogP contribution in [0.4, 0.5) is 11.6 Å². The van der Waals surface area contributed by atoms with Gasteiger partial charge in [0.1, 0.15) is 23.4 Å². The maximum Gasteiger partial charge on any atom is 0.153 e. The van der Waals surface area contributed by atoms with Gasteiger partial charge >= 0.3 is 0 Å². The molecule has 8 heteroatoms. The van der Waals surface area contributed by atoms with E-state index in [0.29, 0.717) is 23.1 Å². The van der Waals surface area contributed by atoms with Crippen molar-refractivity contribution in [1.82, 2.24) is 14.8 Å². The number of carbonyl (C=O) groups is 1. The Morgan fingerprint density at radius 3 is 2.50 bits per heavy atom. The second-order valence-corrected chi connectivity index (χ2v) is 7.40. The van der Waals surface area contributed by atoms with Crippen molar-refractivity contribution in [2.75, 3.05) is 5.32 Å². The van der Waals surface area contributed by atoms with Crippen LogP contribution >= 0.6 is 11.6 Å². The Bertz CT molecular complexity index is 1290. The van der Waals surface area contributed by atoms with Crippen LogP contribution in [0.1, 0.15) is 12.5 Å². The Labute approximate surface area is 189 Å². The summed E-state index contributed by atoms with van der Waals surface area (Å²) in [5.41, 5.74) is 1.43. The molecule has 0 fully saturated rings. The minimum absolute atomic E-state index is 0.00108. The number of halogens is 1. The first kappa shape index (κ1) is 21.1. The predicted molar refractivity (Wildman–Crippen MR) is 122 cm³/mol. The topological polar surface area (TPSA) is 92.8 Å². The molecule has 158 valence electrons. The lowest BCUT2D eigenvalue weighted by Gasteiger charge is -2.11. The first-order valence-electron chi connectivity index (χ1n) is 9.76. The van der Waals surface area contributed by atoms with Gasteiger partial charge in [0, 0.05) is 23.9 Å². The molecule has 2 aromatic carbocycles. The van der Waals surface area contributed by atoms with Gasteiger partial charge in [-0.05, 0) is 43.3 Å².